The van der Waals surface area contributed by atoms with Crippen LogP contribution in [-0.4, -0.2) is 41.3 Å². The number of H-pyrrole nitrogens is 1. The minimum absolute atomic E-state index is 0.502. The van der Waals surface area contributed by atoms with E-state index in [-0.39, 0.29) is 0 Å². The molecule has 266 valence electrons. The zero-order valence-electron chi connectivity index (χ0n) is 31.8. The van der Waals surface area contributed by atoms with E-state index in [1.165, 1.54) is 38.7 Å². The molecule has 0 spiro atoms. The molecule has 1 N–H and O–H groups in total. The maximum absolute atomic E-state index is 10.6. The maximum atomic E-state index is 10.6. The summed E-state index contributed by atoms with van der Waals surface area (Å²) in [5.74, 6) is 1.81. The molecule has 0 radical (unpaired) electrons. The molecule has 0 fully saturated rings. The highest BCUT2D eigenvalue weighted by atomic mass is 35.5. The van der Waals surface area contributed by atoms with Gasteiger partial charge in [0.2, 0.25) is 0 Å². The molecule has 0 aliphatic heterocycles. The van der Waals surface area contributed by atoms with Gasteiger partial charge in [0.15, 0.2) is 6.29 Å². The highest BCUT2D eigenvalue weighted by Gasteiger charge is 2.11. The summed E-state index contributed by atoms with van der Waals surface area (Å²) in [5, 5.41) is 9.91. The van der Waals surface area contributed by atoms with Crippen LogP contribution in [0.2, 0.25) is 5.02 Å². The first-order valence-corrected chi connectivity index (χ1v) is 18.5. The van der Waals surface area contributed by atoms with Crippen LogP contribution in [-0.2, 0) is 12.8 Å². The highest BCUT2D eigenvalue weighted by molar-refractivity contribution is 7.11. The Labute approximate surface area is 300 Å². The van der Waals surface area contributed by atoms with Gasteiger partial charge in [0, 0.05) is 29.2 Å². The van der Waals surface area contributed by atoms with Crippen molar-refractivity contribution in [1.29, 1.82) is 0 Å². The molecule has 2 unspecified atom stereocenters. The number of ether oxygens (including phenoxy) is 1. The summed E-state index contributed by atoms with van der Waals surface area (Å²) in [6, 6.07) is 9.81. The van der Waals surface area contributed by atoms with E-state index in [0.29, 0.717) is 23.1 Å². The summed E-state index contributed by atoms with van der Waals surface area (Å²) in [6.07, 6.45) is 12.2. The minimum atomic E-state index is 0.502. The Morgan fingerprint density at radius 1 is 1.08 bits per heavy atom. The van der Waals surface area contributed by atoms with Crippen LogP contribution in [0.1, 0.15) is 126 Å². The Morgan fingerprint density at radius 2 is 1.77 bits per heavy atom. The quantitative estimate of drug-likeness (QED) is 0.132. The molecule has 2 atom stereocenters. The number of benzene rings is 2. The maximum Gasteiger partial charge on any atom is 0.153 e. The number of aromatic nitrogens is 3. The highest BCUT2D eigenvalue weighted by Crippen LogP contribution is 2.32. The van der Waals surface area contributed by atoms with Gasteiger partial charge in [-0.3, -0.25) is 14.9 Å². The Morgan fingerprint density at radius 3 is 2.23 bits per heavy atom. The van der Waals surface area contributed by atoms with E-state index in [4.69, 9.17) is 16.3 Å². The SMILES string of the molecule is C/C=C(\C(C)=NC)C(C)CC.CC.CCC(C)c1ccc2[nH]ncc2c1Cl.CCCc1ccc(C=O)c(OC)c1.CCc1cnc(C)s1. The number of aromatic amines is 1. The number of hydrogen-bond acceptors (Lipinski definition) is 6. The van der Waals surface area contributed by atoms with Crippen molar-refractivity contribution in [1.82, 2.24) is 15.2 Å². The van der Waals surface area contributed by atoms with Gasteiger partial charge in [0.1, 0.15) is 5.75 Å². The van der Waals surface area contributed by atoms with Crippen LogP contribution in [0.3, 0.4) is 0 Å². The number of nitrogens with one attached hydrogen (secondary N) is 1. The molecule has 2 heterocycles. The largest absolute Gasteiger partial charge is 0.496 e. The summed E-state index contributed by atoms with van der Waals surface area (Å²) in [7, 11) is 3.43. The van der Waals surface area contributed by atoms with Crippen molar-refractivity contribution in [3.8, 4) is 5.75 Å². The summed E-state index contributed by atoms with van der Waals surface area (Å²) in [6.45, 7) is 23.3. The predicted molar refractivity (Wildman–Crippen MR) is 212 cm³/mol. The van der Waals surface area contributed by atoms with Gasteiger partial charge in [0.05, 0.1) is 34.4 Å². The van der Waals surface area contributed by atoms with Crippen molar-refractivity contribution in [2.75, 3.05) is 14.2 Å². The number of nitrogens with zero attached hydrogens (tertiary/aromatic N) is 3. The lowest BCUT2D eigenvalue weighted by molar-refractivity contribution is 0.112. The molecule has 2 aromatic carbocycles. The Bertz CT molecular complexity index is 1520. The molecule has 0 amide bonds. The fourth-order valence-electron chi connectivity index (χ4n) is 4.67. The lowest BCUT2D eigenvalue weighted by atomic mass is 9.95. The number of fused-ring (bicyclic) bond motifs is 1. The topological polar surface area (TPSA) is 80.2 Å². The van der Waals surface area contributed by atoms with Crippen molar-refractivity contribution in [3.63, 3.8) is 0 Å². The van der Waals surface area contributed by atoms with Gasteiger partial charge in [-0.15, -0.1) is 11.3 Å². The van der Waals surface area contributed by atoms with E-state index >= 15 is 0 Å². The number of carbonyl (C=O) groups excluding carboxylic acids is 1. The van der Waals surface area contributed by atoms with E-state index in [9.17, 15) is 4.79 Å². The molecule has 2 aromatic heterocycles. The van der Waals surface area contributed by atoms with E-state index in [1.54, 1.807) is 30.7 Å². The van der Waals surface area contributed by atoms with Crippen LogP contribution in [0.25, 0.3) is 10.9 Å². The van der Waals surface area contributed by atoms with Crippen molar-refractivity contribution in [2.24, 2.45) is 10.9 Å². The predicted octanol–water partition coefficient (Wildman–Crippen LogP) is 12.3. The molecule has 8 heteroatoms. The summed E-state index contributed by atoms with van der Waals surface area (Å²) < 4.78 is 5.09. The lowest BCUT2D eigenvalue weighted by Crippen LogP contribution is -2.06. The first kappa shape index (κ1) is 44.7. The van der Waals surface area contributed by atoms with Gasteiger partial charge in [-0.25, -0.2) is 4.98 Å². The molecular formula is C40H61ClN4O2S. The number of aldehydes is 1. The first-order valence-electron chi connectivity index (χ1n) is 17.3. The normalized spacial score (nSPS) is 12.1. The molecular weight excluding hydrogens is 636 g/mol. The second-order valence-corrected chi connectivity index (χ2v) is 12.8. The number of rotatable bonds is 10. The van der Waals surface area contributed by atoms with Gasteiger partial charge < -0.3 is 4.74 Å². The third-order valence-electron chi connectivity index (χ3n) is 7.92. The second kappa shape index (κ2) is 25.7. The van der Waals surface area contributed by atoms with Gasteiger partial charge >= 0.3 is 0 Å². The molecule has 0 saturated carbocycles. The van der Waals surface area contributed by atoms with Gasteiger partial charge in [0.25, 0.3) is 0 Å². The number of allylic oxidation sites excluding steroid dienone is 2. The standard InChI is InChI=1S/C11H13ClN2.C11H14O2.C10H19N.C6H9NS.C2H6/c1-3-7(2)8-4-5-10-9(11(8)12)6-13-14-10;1-3-4-9-5-6-10(8-12)11(7-9)13-2;1-6-8(3)10(7-2)9(4)11-5;1-3-6-4-7-5(2)8-6;1-2/h4-7H,3H2,1-2H3,(H,13,14);5-8H,3-4H2,1-2H3;7-8H,6H2,1-5H3;4H,3H2,1-2H3;1-2H3/b;;10-7-,11-9?;;. The summed E-state index contributed by atoms with van der Waals surface area (Å²) in [4.78, 5) is 20.2. The van der Waals surface area contributed by atoms with Crippen LogP contribution in [0.4, 0.5) is 0 Å². The van der Waals surface area contributed by atoms with Crippen molar-refractivity contribution in [3.05, 3.63) is 86.0 Å². The van der Waals surface area contributed by atoms with E-state index in [2.05, 4.69) is 87.7 Å². The Balaban J connectivity index is 0.000000613. The fourth-order valence-corrected chi connectivity index (χ4v) is 5.80. The molecule has 48 heavy (non-hydrogen) atoms. The molecule has 0 aliphatic rings. The van der Waals surface area contributed by atoms with Gasteiger partial charge in [-0.2, -0.15) is 5.10 Å². The first-order chi connectivity index (χ1) is 23.0. The Hall–Kier alpha value is -3.29. The van der Waals surface area contributed by atoms with Crippen LogP contribution in [0, 0.1) is 12.8 Å². The number of methoxy groups -OCH3 is 1. The molecule has 4 rings (SSSR count). The lowest BCUT2D eigenvalue weighted by Gasteiger charge is -2.12. The molecule has 6 nitrogen and oxygen atoms in total. The zero-order valence-corrected chi connectivity index (χ0v) is 33.4. The van der Waals surface area contributed by atoms with Gasteiger partial charge in [-0.05, 0) is 93.2 Å². The number of carbonyl (C=O) groups is 1. The third kappa shape index (κ3) is 14.9. The van der Waals surface area contributed by atoms with Crippen LogP contribution in [0.15, 0.2) is 59.4 Å². The number of halogens is 1. The zero-order chi connectivity index (χ0) is 36.6. The minimum Gasteiger partial charge on any atom is -0.496 e. The van der Waals surface area contributed by atoms with Crippen LogP contribution >= 0.6 is 22.9 Å². The monoisotopic (exact) mass is 696 g/mol. The fraction of sp³-hybridized carbons (Fsp3) is 0.500. The smallest absolute Gasteiger partial charge is 0.153 e. The average Bonchev–Trinajstić information content (AvgIpc) is 3.79. The number of hydrogen-bond donors (Lipinski definition) is 1. The number of aryl methyl sites for hydroxylation is 3. The Kier molecular flexibility index (Phi) is 23.9. The second-order valence-electron chi connectivity index (χ2n) is 11.1. The number of thiazole rings is 1. The van der Waals surface area contributed by atoms with Crippen LogP contribution < -0.4 is 4.74 Å². The van der Waals surface area contributed by atoms with Crippen molar-refractivity contribution in [2.45, 2.75) is 114 Å². The summed E-state index contributed by atoms with van der Waals surface area (Å²) >= 11 is 8.07. The molecule has 0 bridgehead atoms. The van der Waals surface area contributed by atoms with Crippen LogP contribution in [0.5, 0.6) is 5.75 Å². The molecule has 0 saturated heterocycles. The molecule has 4 aromatic rings. The third-order valence-corrected chi connectivity index (χ3v) is 9.40. The van der Waals surface area contributed by atoms with Crippen molar-refractivity contribution < 1.29 is 9.53 Å². The van der Waals surface area contributed by atoms with E-state index in [0.717, 1.165) is 47.9 Å². The summed E-state index contributed by atoms with van der Waals surface area (Å²) in [5.41, 5.74) is 6.59. The molecule has 0 aliphatic carbocycles. The number of aliphatic imine (C=N–C) groups is 1. The van der Waals surface area contributed by atoms with Gasteiger partial charge in [-0.1, -0.05) is 91.6 Å². The average molecular weight is 697 g/mol. The van der Waals surface area contributed by atoms with Crippen molar-refractivity contribution >= 4 is 45.8 Å². The van der Waals surface area contributed by atoms with E-state index in [1.807, 2.05) is 52.2 Å². The van der Waals surface area contributed by atoms with E-state index < -0.39 is 0 Å².